The molecule has 2 aromatic heterocycles. The number of hydrogen-bond donors (Lipinski definition) is 0. The summed E-state index contributed by atoms with van der Waals surface area (Å²) in [4.78, 5) is 9.66. The van der Waals surface area contributed by atoms with Crippen LogP contribution >= 0.6 is 0 Å². The van der Waals surface area contributed by atoms with E-state index in [9.17, 15) is 4.39 Å². The average molecular weight is 507 g/mol. The molecule has 0 unspecified atom stereocenters. The molecule has 1 aliphatic heterocycles. The number of aryl methyl sites for hydroxylation is 1. The Morgan fingerprint density at radius 1 is 0.944 bits per heavy atom. The highest BCUT2D eigenvalue weighted by Gasteiger charge is 2.20. The van der Waals surface area contributed by atoms with Gasteiger partial charge in [0.2, 0.25) is 5.95 Å². The summed E-state index contributed by atoms with van der Waals surface area (Å²) in [5.74, 6) is 0.570. The first kappa shape index (κ1) is 24.5. The number of imidazole rings is 1. The van der Waals surface area contributed by atoms with E-state index in [1.165, 1.54) is 12.1 Å². The van der Waals surface area contributed by atoms with Crippen LogP contribution in [0.5, 0.6) is 0 Å². The molecule has 7 nitrogen and oxygen atoms in total. The molecule has 0 aliphatic carbocycles. The molecule has 4 aromatic rings. The summed E-state index contributed by atoms with van der Waals surface area (Å²) in [6, 6.07) is 14.4. The van der Waals surface area contributed by atoms with E-state index in [0.29, 0.717) is 6.73 Å². The van der Waals surface area contributed by atoms with Gasteiger partial charge in [-0.15, -0.1) is 0 Å². The molecule has 0 radical (unpaired) electrons. The van der Waals surface area contributed by atoms with Crippen molar-refractivity contribution in [2.24, 2.45) is 0 Å². The fraction of sp³-hybridized carbons (Fsp3) is 0.407. The number of ether oxygens (including phenoxy) is 1. The van der Waals surface area contributed by atoms with Crippen molar-refractivity contribution >= 4 is 30.5 Å². The van der Waals surface area contributed by atoms with E-state index in [1.54, 1.807) is 0 Å². The number of halogens is 1. The van der Waals surface area contributed by atoms with Crippen LogP contribution in [0.25, 0.3) is 17.0 Å². The normalized spacial score (nSPS) is 14.7. The molecule has 1 fully saturated rings. The molecule has 0 saturated carbocycles. The van der Waals surface area contributed by atoms with Crippen LogP contribution in [0.1, 0.15) is 5.56 Å². The van der Waals surface area contributed by atoms with E-state index in [2.05, 4.69) is 57.3 Å². The Kier molecular flexibility index (Phi) is 6.85. The molecule has 3 heterocycles. The number of benzene rings is 2. The second-order valence-electron chi connectivity index (χ2n) is 10.8. The van der Waals surface area contributed by atoms with Gasteiger partial charge in [-0.25, -0.2) is 14.1 Å². The lowest BCUT2D eigenvalue weighted by atomic mass is 10.2. The molecule has 2 aromatic carbocycles. The minimum absolute atomic E-state index is 0.198. The highest BCUT2D eigenvalue weighted by atomic mass is 28.3. The van der Waals surface area contributed by atoms with Crippen LogP contribution in [-0.2, 0) is 11.5 Å². The van der Waals surface area contributed by atoms with Crippen LogP contribution in [0.15, 0.2) is 54.9 Å². The minimum atomic E-state index is -1.16. The molecule has 1 saturated heterocycles. The molecule has 5 rings (SSSR count). The summed E-state index contributed by atoms with van der Waals surface area (Å²) in [5.41, 5.74) is 5.30. The summed E-state index contributed by atoms with van der Waals surface area (Å²) in [7, 11) is -1.16. The number of aromatic nitrogens is 4. The van der Waals surface area contributed by atoms with E-state index in [4.69, 9.17) is 9.72 Å². The molecule has 0 bridgehead atoms. The predicted molar refractivity (Wildman–Crippen MR) is 147 cm³/mol. The standard InChI is InChI=1S/C27H35FN6OSi/c1-21-18-29-34(19-21)27-30-25-17-24(9-10-26(25)33(27)20-35-15-16-36(2,3)4)32-13-11-31(12-14-32)23-7-5-22(28)6-8-23/h5-10,17-19H,11-16,20H2,1-4H3. The number of piperazine rings is 1. The maximum Gasteiger partial charge on any atom is 0.233 e. The average Bonchev–Trinajstić information content (AvgIpc) is 3.44. The topological polar surface area (TPSA) is 51.4 Å². The van der Waals surface area contributed by atoms with Gasteiger partial charge in [0.15, 0.2) is 0 Å². The first-order valence-corrected chi connectivity index (χ1v) is 16.3. The fourth-order valence-electron chi connectivity index (χ4n) is 4.54. The smallest absolute Gasteiger partial charge is 0.233 e. The van der Waals surface area contributed by atoms with Crippen molar-refractivity contribution < 1.29 is 9.13 Å². The Morgan fingerprint density at radius 3 is 2.25 bits per heavy atom. The molecule has 0 atom stereocenters. The molecule has 190 valence electrons. The van der Waals surface area contributed by atoms with Gasteiger partial charge in [-0.05, 0) is 61.0 Å². The van der Waals surface area contributed by atoms with E-state index in [-0.39, 0.29) is 5.82 Å². The Balaban J connectivity index is 1.35. The van der Waals surface area contributed by atoms with Gasteiger partial charge in [-0.1, -0.05) is 19.6 Å². The molecular weight excluding hydrogens is 471 g/mol. The van der Waals surface area contributed by atoms with Crippen molar-refractivity contribution in [3.8, 4) is 5.95 Å². The van der Waals surface area contributed by atoms with Crippen molar-refractivity contribution in [3.05, 3.63) is 66.2 Å². The van der Waals surface area contributed by atoms with Crippen molar-refractivity contribution in [3.63, 3.8) is 0 Å². The van der Waals surface area contributed by atoms with Gasteiger partial charge in [0.25, 0.3) is 0 Å². The number of fused-ring (bicyclic) bond motifs is 1. The lowest BCUT2D eigenvalue weighted by Gasteiger charge is -2.37. The van der Waals surface area contributed by atoms with E-state index < -0.39 is 8.07 Å². The lowest BCUT2D eigenvalue weighted by molar-refractivity contribution is 0.0894. The maximum atomic E-state index is 13.3. The first-order chi connectivity index (χ1) is 17.3. The van der Waals surface area contributed by atoms with Crippen LogP contribution < -0.4 is 9.80 Å². The molecule has 0 amide bonds. The Morgan fingerprint density at radius 2 is 1.61 bits per heavy atom. The zero-order valence-corrected chi connectivity index (χ0v) is 22.6. The zero-order chi connectivity index (χ0) is 25.3. The maximum absolute atomic E-state index is 13.3. The summed E-state index contributed by atoms with van der Waals surface area (Å²) in [6.07, 6.45) is 3.84. The van der Waals surface area contributed by atoms with Gasteiger partial charge in [0.1, 0.15) is 12.5 Å². The highest BCUT2D eigenvalue weighted by molar-refractivity contribution is 6.76. The van der Waals surface area contributed by atoms with Gasteiger partial charge in [0, 0.05) is 58.4 Å². The summed E-state index contributed by atoms with van der Waals surface area (Å²) in [6.45, 7) is 13.9. The molecule has 1 aliphatic rings. The van der Waals surface area contributed by atoms with Crippen molar-refractivity contribution in [2.45, 2.75) is 39.3 Å². The van der Waals surface area contributed by atoms with Crippen molar-refractivity contribution in [2.75, 3.05) is 42.6 Å². The molecule has 36 heavy (non-hydrogen) atoms. The Labute approximate surface area is 213 Å². The van der Waals surface area contributed by atoms with Crippen LogP contribution in [0, 0.1) is 12.7 Å². The zero-order valence-electron chi connectivity index (χ0n) is 21.6. The van der Waals surface area contributed by atoms with Gasteiger partial charge in [0.05, 0.1) is 17.2 Å². The largest absolute Gasteiger partial charge is 0.368 e. The minimum Gasteiger partial charge on any atom is -0.368 e. The quantitative estimate of drug-likeness (QED) is 0.240. The summed E-state index contributed by atoms with van der Waals surface area (Å²) < 4.78 is 23.4. The lowest BCUT2D eigenvalue weighted by Crippen LogP contribution is -2.46. The van der Waals surface area contributed by atoms with Crippen LogP contribution in [0.4, 0.5) is 15.8 Å². The fourth-order valence-corrected chi connectivity index (χ4v) is 5.29. The molecule has 0 spiro atoms. The second kappa shape index (κ2) is 10.1. The summed E-state index contributed by atoms with van der Waals surface area (Å²) >= 11 is 0. The molecular formula is C27H35FN6OSi. The van der Waals surface area contributed by atoms with Gasteiger partial charge >= 0.3 is 0 Å². The molecule has 9 heteroatoms. The van der Waals surface area contributed by atoms with Crippen molar-refractivity contribution in [1.29, 1.82) is 0 Å². The van der Waals surface area contributed by atoms with Crippen molar-refractivity contribution in [1.82, 2.24) is 19.3 Å². The monoisotopic (exact) mass is 506 g/mol. The summed E-state index contributed by atoms with van der Waals surface area (Å²) in [5, 5.41) is 4.51. The second-order valence-corrected chi connectivity index (χ2v) is 16.4. The van der Waals surface area contributed by atoms with E-state index in [1.807, 2.05) is 36.1 Å². The Hall–Kier alpha value is -3.17. The van der Waals surface area contributed by atoms with Gasteiger partial charge < -0.3 is 14.5 Å². The van der Waals surface area contributed by atoms with Crippen LogP contribution in [0.3, 0.4) is 0 Å². The third-order valence-corrected chi connectivity index (χ3v) is 8.39. The number of rotatable bonds is 8. The first-order valence-electron chi connectivity index (χ1n) is 12.6. The SMILES string of the molecule is Cc1cnn(-c2nc3cc(N4CCN(c5ccc(F)cc5)CC4)ccc3n2COCC[Si](C)(C)C)c1. The predicted octanol–water partition coefficient (Wildman–Crippen LogP) is 5.31. The van der Waals surface area contributed by atoms with E-state index in [0.717, 1.165) is 72.7 Å². The van der Waals surface area contributed by atoms with Gasteiger partial charge in [-0.2, -0.15) is 5.10 Å². The third kappa shape index (κ3) is 5.47. The number of anilines is 2. The number of nitrogens with zero attached hydrogens (tertiary/aromatic N) is 6. The van der Waals surface area contributed by atoms with Gasteiger partial charge in [-0.3, -0.25) is 4.57 Å². The molecule has 0 N–H and O–H groups in total. The number of hydrogen-bond acceptors (Lipinski definition) is 5. The third-order valence-electron chi connectivity index (χ3n) is 6.68. The van der Waals surface area contributed by atoms with E-state index >= 15 is 0 Å². The highest BCUT2D eigenvalue weighted by Crippen LogP contribution is 2.27. The van der Waals surface area contributed by atoms with Crippen LogP contribution in [0.2, 0.25) is 25.7 Å². The van der Waals surface area contributed by atoms with Crippen LogP contribution in [-0.4, -0.2) is 60.2 Å². The Bertz CT molecular complexity index is 1320.